The lowest BCUT2D eigenvalue weighted by atomic mass is 10.0. The van der Waals surface area contributed by atoms with E-state index in [1.54, 1.807) is 13.1 Å². The SMILES string of the molecule is CC(O)C(NCc1cccnc1)c1ccccc1. The number of aliphatic hydroxyl groups is 1. The molecule has 3 nitrogen and oxygen atoms in total. The highest BCUT2D eigenvalue weighted by Crippen LogP contribution is 2.17. The van der Waals surface area contributed by atoms with Crippen LogP contribution in [0.15, 0.2) is 54.9 Å². The number of hydrogen-bond donors (Lipinski definition) is 2. The molecule has 0 spiro atoms. The molecule has 0 radical (unpaired) electrons. The summed E-state index contributed by atoms with van der Waals surface area (Å²) in [6, 6.07) is 13.9. The summed E-state index contributed by atoms with van der Waals surface area (Å²) in [5.41, 5.74) is 2.20. The van der Waals surface area contributed by atoms with Gasteiger partial charge in [0.15, 0.2) is 0 Å². The summed E-state index contributed by atoms with van der Waals surface area (Å²) >= 11 is 0. The molecular weight excluding hydrogens is 224 g/mol. The molecule has 0 fully saturated rings. The Labute approximate surface area is 108 Å². The molecule has 2 rings (SSSR count). The molecular formula is C15H18N2O. The zero-order valence-corrected chi connectivity index (χ0v) is 10.5. The number of rotatable bonds is 5. The van der Waals surface area contributed by atoms with Crippen molar-refractivity contribution in [1.82, 2.24) is 10.3 Å². The molecule has 2 atom stereocenters. The smallest absolute Gasteiger partial charge is 0.0706 e. The highest BCUT2D eigenvalue weighted by molar-refractivity contribution is 5.20. The van der Waals surface area contributed by atoms with E-state index in [4.69, 9.17) is 0 Å². The summed E-state index contributed by atoms with van der Waals surface area (Å²) in [7, 11) is 0. The van der Waals surface area contributed by atoms with Crippen molar-refractivity contribution in [2.24, 2.45) is 0 Å². The number of nitrogens with zero attached hydrogens (tertiary/aromatic N) is 1. The predicted octanol–water partition coefficient (Wildman–Crippen LogP) is 2.29. The Hall–Kier alpha value is -1.71. The zero-order chi connectivity index (χ0) is 12.8. The second kappa shape index (κ2) is 6.28. The number of aliphatic hydroxyl groups excluding tert-OH is 1. The van der Waals surface area contributed by atoms with E-state index < -0.39 is 6.10 Å². The van der Waals surface area contributed by atoms with Gasteiger partial charge < -0.3 is 10.4 Å². The van der Waals surface area contributed by atoms with E-state index in [-0.39, 0.29) is 6.04 Å². The number of pyridine rings is 1. The molecule has 0 bridgehead atoms. The van der Waals surface area contributed by atoms with E-state index in [0.717, 1.165) is 11.1 Å². The fourth-order valence-corrected chi connectivity index (χ4v) is 1.96. The maximum absolute atomic E-state index is 9.87. The molecule has 18 heavy (non-hydrogen) atoms. The summed E-state index contributed by atoms with van der Waals surface area (Å²) < 4.78 is 0. The monoisotopic (exact) mass is 242 g/mol. The van der Waals surface area contributed by atoms with Gasteiger partial charge in [0.2, 0.25) is 0 Å². The summed E-state index contributed by atoms with van der Waals surface area (Å²) in [6.07, 6.45) is 3.15. The lowest BCUT2D eigenvalue weighted by Crippen LogP contribution is -2.29. The van der Waals surface area contributed by atoms with Crippen molar-refractivity contribution in [3.8, 4) is 0 Å². The van der Waals surface area contributed by atoms with E-state index in [1.807, 2.05) is 48.7 Å². The van der Waals surface area contributed by atoms with E-state index in [0.29, 0.717) is 6.54 Å². The van der Waals surface area contributed by atoms with Gasteiger partial charge in [0.05, 0.1) is 12.1 Å². The van der Waals surface area contributed by atoms with Gasteiger partial charge in [-0.3, -0.25) is 4.98 Å². The first-order chi connectivity index (χ1) is 8.77. The summed E-state index contributed by atoms with van der Waals surface area (Å²) in [4.78, 5) is 4.08. The van der Waals surface area contributed by atoms with Crippen LogP contribution >= 0.6 is 0 Å². The molecule has 0 aliphatic heterocycles. The van der Waals surface area contributed by atoms with Crippen molar-refractivity contribution < 1.29 is 5.11 Å². The Morgan fingerprint density at radius 1 is 1.17 bits per heavy atom. The van der Waals surface area contributed by atoms with Gasteiger partial charge in [0.1, 0.15) is 0 Å². The lowest BCUT2D eigenvalue weighted by Gasteiger charge is -2.22. The summed E-state index contributed by atoms with van der Waals surface area (Å²) in [6.45, 7) is 2.49. The third-order valence-corrected chi connectivity index (χ3v) is 2.89. The minimum atomic E-state index is -0.441. The molecule has 1 aromatic heterocycles. The van der Waals surface area contributed by atoms with Crippen LogP contribution in [0.25, 0.3) is 0 Å². The standard InChI is InChI=1S/C15H18N2O/c1-12(18)15(14-7-3-2-4-8-14)17-11-13-6-5-9-16-10-13/h2-10,12,15,17-18H,11H2,1H3. The highest BCUT2D eigenvalue weighted by atomic mass is 16.3. The molecule has 2 N–H and O–H groups in total. The van der Waals surface area contributed by atoms with Crippen LogP contribution in [0.3, 0.4) is 0 Å². The van der Waals surface area contributed by atoms with Gasteiger partial charge in [-0.2, -0.15) is 0 Å². The number of aromatic nitrogens is 1. The van der Waals surface area contributed by atoms with Crippen molar-refractivity contribution in [2.45, 2.75) is 25.6 Å². The normalized spacial score (nSPS) is 14.1. The molecule has 0 saturated heterocycles. The molecule has 1 heterocycles. The third kappa shape index (κ3) is 3.39. The van der Waals surface area contributed by atoms with Crippen LogP contribution in [0.2, 0.25) is 0 Å². The van der Waals surface area contributed by atoms with Crippen LogP contribution in [-0.4, -0.2) is 16.2 Å². The molecule has 0 saturated carbocycles. The van der Waals surface area contributed by atoms with Crippen LogP contribution in [0.5, 0.6) is 0 Å². The largest absolute Gasteiger partial charge is 0.391 e. The minimum absolute atomic E-state index is 0.0635. The Morgan fingerprint density at radius 3 is 2.56 bits per heavy atom. The van der Waals surface area contributed by atoms with E-state index in [2.05, 4.69) is 10.3 Å². The Bertz CT molecular complexity index is 456. The molecule has 0 aliphatic rings. The first-order valence-electron chi connectivity index (χ1n) is 6.12. The van der Waals surface area contributed by atoms with Gasteiger partial charge in [-0.05, 0) is 24.1 Å². The van der Waals surface area contributed by atoms with Crippen LogP contribution in [0.1, 0.15) is 24.1 Å². The predicted molar refractivity (Wildman–Crippen MR) is 71.9 cm³/mol. The fourth-order valence-electron chi connectivity index (χ4n) is 1.96. The first-order valence-corrected chi connectivity index (χ1v) is 6.12. The average molecular weight is 242 g/mol. The molecule has 94 valence electrons. The summed E-state index contributed by atoms with van der Waals surface area (Å²) in [5.74, 6) is 0. The Kier molecular flexibility index (Phi) is 4.45. The first kappa shape index (κ1) is 12.7. The van der Waals surface area contributed by atoms with E-state index in [1.165, 1.54) is 0 Å². The Morgan fingerprint density at radius 2 is 1.94 bits per heavy atom. The molecule has 2 unspecified atom stereocenters. The quantitative estimate of drug-likeness (QED) is 0.845. The van der Waals surface area contributed by atoms with Gasteiger partial charge >= 0.3 is 0 Å². The van der Waals surface area contributed by atoms with Crippen molar-refractivity contribution in [3.05, 3.63) is 66.0 Å². The maximum atomic E-state index is 9.87. The maximum Gasteiger partial charge on any atom is 0.0706 e. The van der Waals surface area contributed by atoms with Gasteiger partial charge in [-0.15, -0.1) is 0 Å². The van der Waals surface area contributed by atoms with Crippen LogP contribution < -0.4 is 5.32 Å². The van der Waals surface area contributed by atoms with E-state index >= 15 is 0 Å². The Balaban J connectivity index is 2.04. The van der Waals surface area contributed by atoms with Gasteiger partial charge in [0, 0.05) is 18.9 Å². The topological polar surface area (TPSA) is 45.1 Å². The van der Waals surface area contributed by atoms with E-state index in [9.17, 15) is 5.11 Å². The van der Waals surface area contributed by atoms with Crippen molar-refractivity contribution in [3.63, 3.8) is 0 Å². The number of hydrogen-bond acceptors (Lipinski definition) is 3. The second-order valence-corrected chi connectivity index (χ2v) is 4.37. The number of nitrogens with one attached hydrogen (secondary N) is 1. The molecule has 0 amide bonds. The summed E-state index contributed by atoms with van der Waals surface area (Å²) in [5, 5.41) is 13.2. The zero-order valence-electron chi connectivity index (χ0n) is 10.5. The van der Waals surface area contributed by atoms with Crippen LogP contribution in [0, 0.1) is 0 Å². The van der Waals surface area contributed by atoms with Crippen molar-refractivity contribution in [1.29, 1.82) is 0 Å². The highest BCUT2D eigenvalue weighted by Gasteiger charge is 2.16. The van der Waals surface area contributed by atoms with Gasteiger partial charge in [-0.1, -0.05) is 36.4 Å². The van der Waals surface area contributed by atoms with Crippen molar-refractivity contribution >= 4 is 0 Å². The second-order valence-electron chi connectivity index (χ2n) is 4.37. The van der Waals surface area contributed by atoms with Crippen LogP contribution in [-0.2, 0) is 6.54 Å². The third-order valence-electron chi connectivity index (χ3n) is 2.89. The van der Waals surface area contributed by atoms with Gasteiger partial charge in [-0.25, -0.2) is 0 Å². The minimum Gasteiger partial charge on any atom is -0.391 e. The molecule has 2 aromatic rings. The molecule has 3 heteroatoms. The molecule has 1 aromatic carbocycles. The number of benzene rings is 1. The lowest BCUT2D eigenvalue weighted by molar-refractivity contribution is 0.144. The average Bonchev–Trinajstić information content (AvgIpc) is 2.41. The molecule has 0 aliphatic carbocycles. The fraction of sp³-hybridized carbons (Fsp3) is 0.267. The van der Waals surface area contributed by atoms with Crippen molar-refractivity contribution in [2.75, 3.05) is 0 Å². The van der Waals surface area contributed by atoms with Gasteiger partial charge in [0.25, 0.3) is 0 Å². The van der Waals surface area contributed by atoms with Crippen LogP contribution in [0.4, 0.5) is 0 Å².